The van der Waals surface area contributed by atoms with Gasteiger partial charge in [0.2, 0.25) is 0 Å². The molecule has 0 saturated heterocycles. The SMILES string of the molecule is COc1ccc(NC(=O)c2nnn(-c3ccc(C)cc3)c2C)c(OC)c1. The zero-order chi connectivity index (χ0) is 18.7. The van der Waals surface area contributed by atoms with E-state index < -0.39 is 0 Å². The topological polar surface area (TPSA) is 78.3 Å². The van der Waals surface area contributed by atoms with E-state index in [0.29, 0.717) is 22.9 Å². The van der Waals surface area contributed by atoms with Gasteiger partial charge in [0, 0.05) is 6.07 Å². The van der Waals surface area contributed by atoms with Gasteiger partial charge in [-0.15, -0.1) is 5.10 Å². The summed E-state index contributed by atoms with van der Waals surface area (Å²) in [5, 5.41) is 10.9. The molecule has 0 unspecified atom stereocenters. The first-order valence-electron chi connectivity index (χ1n) is 8.06. The summed E-state index contributed by atoms with van der Waals surface area (Å²) >= 11 is 0. The van der Waals surface area contributed by atoms with Crippen LogP contribution in [0.4, 0.5) is 5.69 Å². The van der Waals surface area contributed by atoms with E-state index >= 15 is 0 Å². The second kappa shape index (κ2) is 7.26. The second-order valence-corrected chi connectivity index (χ2v) is 5.79. The van der Waals surface area contributed by atoms with E-state index in [1.165, 1.54) is 7.11 Å². The van der Waals surface area contributed by atoms with E-state index in [4.69, 9.17) is 9.47 Å². The summed E-state index contributed by atoms with van der Waals surface area (Å²) < 4.78 is 12.1. The van der Waals surface area contributed by atoms with Crippen LogP contribution in [0.25, 0.3) is 5.69 Å². The summed E-state index contributed by atoms with van der Waals surface area (Å²) in [5.41, 5.74) is 3.43. The summed E-state index contributed by atoms with van der Waals surface area (Å²) in [6.07, 6.45) is 0. The van der Waals surface area contributed by atoms with Crippen LogP contribution in [0.5, 0.6) is 11.5 Å². The minimum Gasteiger partial charge on any atom is -0.497 e. The molecule has 2 aromatic carbocycles. The van der Waals surface area contributed by atoms with E-state index in [1.54, 1.807) is 36.9 Å². The molecule has 1 heterocycles. The summed E-state index contributed by atoms with van der Waals surface area (Å²) in [6, 6.07) is 13.0. The summed E-state index contributed by atoms with van der Waals surface area (Å²) in [6.45, 7) is 3.82. The molecule has 7 nitrogen and oxygen atoms in total. The zero-order valence-electron chi connectivity index (χ0n) is 15.1. The van der Waals surface area contributed by atoms with Crippen molar-refractivity contribution in [2.75, 3.05) is 19.5 Å². The third-order valence-corrected chi connectivity index (χ3v) is 4.05. The predicted octanol–water partition coefficient (Wildman–Crippen LogP) is 3.15. The van der Waals surface area contributed by atoms with Gasteiger partial charge in [0.05, 0.1) is 31.3 Å². The Hall–Kier alpha value is -3.35. The number of nitrogens with zero attached hydrogens (tertiary/aromatic N) is 3. The van der Waals surface area contributed by atoms with Crippen molar-refractivity contribution in [2.45, 2.75) is 13.8 Å². The molecule has 0 bridgehead atoms. The monoisotopic (exact) mass is 352 g/mol. The van der Waals surface area contributed by atoms with Gasteiger partial charge in [-0.25, -0.2) is 4.68 Å². The highest BCUT2D eigenvalue weighted by Gasteiger charge is 2.19. The van der Waals surface area contributed by atoms with Crippen molar-refractivity contribution in [1.82, 2.24) is 15.0 Å². The Labute approximate surface area is 151 Å². The highest BCUT2D eigenvalue weighted by Crippen LogP contribution is 2.29. The molecule has 26 heavy (non-hydrogen) atoms. The Morgan fingerprint density at radius 2 is 1.77 bits per heavy atom. The third kappa shape index (κ3) is 3.37. The number of nitrogens with one attached hydrogen (secondary N) is 1. The number of anilines is 1. The Bertz CT molecular complexity index is 932. The van der Waals surface area contributed by atoms with Gasteiger partial charge in [0.25, 0.3) is 5.91 Å². The number of aryl methyl sites for hydroxylation is 1. The van der Waals surface area contributed by atoms with Crippen LogP contribution < -0.4 is 14.8 Å². The molecule has 134 valence electrons. The summed E-state index contributed by atoms with van der Waals surface area (Å²) in [4.78, 5) is 12.6. The summed E-state index contributed by atoms with van der Waals surface area (Å²) in [7, 11) is 3.10. The molecular formula is C19H20N4O3. The van der Waals surface area contributed by atoms with Crippen LogP contribution in [0.15, 0.2) is 42.5 Å². The quantitative estimate of drug-likeness (QED) is 0.763. The van der Waals surface area contributed by atoms with E-state index in [-0.39, 0.29) is 11.6 Å². The van der Waals surface area contributed by atoms with Crippen molar-refractivity contribution in [3.8, 4) is 17.2 Å². The van der Waals surface area contributed by atoms with Crippen LogP contribution in [0.2, 0.25) is 0 Å². The lowest BCUT2D eigenvalue weighted by atomic mass is 10.2. The Morgan fingerprint density at radius 1 is 1.04 bits per heavy atom. The number of aromatic nitrogens is 3. The fourth-order valence-corrected chi connectivity index (χ4v) is 2.55. The van der Waals surface area contributed by atoms with E-state index in [1.807, 2.05) is 31.2 Å². The van der Waals surface area contributed by atoms with Gasteiger partial charge in [-0.3, -0.25) is 4.79 Å². The lowest BCUT2D eigenvalue weighted by molar-refractivity contribution is 0.102. The lowest BCUT2D eigenvalue weighted by Gasteiger charge is -2.11. The highest BCUT2D eigenvalue weighted by molar-refractivity contribution is 6.04. The van der Waals surface area contributed by atoms with E-state index in [0.717, 1.165) is 11.3 Å². The van der Waals surface area contributed by atoms with Gasteiger partial charge in [0.15, 0.2) is 5.69 Å². The number of amides is 1. The molecule has 3 aromatic rings. The van der Waals surface area contributed by atoms with E-state index in [9.17, 15) is 4.79 Å². The first kappa shape index (κ1) is 17.5. The maximum atomic E-state index is 12.6. The molecule has 0 radical (unpaired) electrons. The maximum Gasteiger partial charge on any atom is 0.278 e. The number of hydrogen-bond acceptors (Lipinski definition) is 5. The van der Waals surface area contributed by atoms with Crippen molar-refractivity contribution in [3.63, 3.8) is 0 Å². The molecule has 0 aliphatic heterocycles. The van der Waals surface area contributed by atoms with Crippen LogP contribution in [0.1, 0.15) is 21.7 Å². The Morgan fingerprint density at radius 3 is 2.42 bits per heavy atom. The molecule has 0 atom stereocenters. The second-order valence-electron chi connectivity index (χ2n) is 5.79. The predicted molar refractivity (Wildman–Crippen MR) is 98.3 cm³/mol. The molecule has 0 aliphatic rings. The molecule has 0 spiro atoms. The minimum atomic E-state index is -0.357. The van der Waals surface area contributed by atoms with Gasteiger partial charge in [-0.05, 0) is 38.1 Å². The number of carbonyl (C=O) groups excluding carboxylic acids is 1. The molecule has 1 amide bonds. The van der Waals surface area contributed by atoms with Crippen LogP contribution in [-0.4, -0.2) is 35.1 Å². The Balaban J connectivity index is 1.86. The van der Waals surface area contributed by atoms with Crippen LogP contribution in [0, 0.1) is 13.8 Å². The maximum absolute atomic E-state index is 12.6. The molecular weight excluding hydrogens is 332 g/mol. The van der Waals surface area contributed by atoms with Gasteiger partial charge >= 0.3 is 0 Å². The molecule has 0 aliphatic carbocycles. The number of carbonyl (C=O) groups is 1. The molecule has 0 saturated carbocycles. The number of benzene rings is 2. The molecule has 0 fully saturated rings. The average molecular weight is 352 g/mol. The molecule has 3 rings (SSSR count). The largest absolute Gasteiger partial charge is 0.497 e. The van der Waals surface area contributed by atoms with Gasteiger partial charge in [-0.2, -0.15) is 0 Å². The number of methoxy groups -OCH3 is 2. The zero-order valence-corrected chi connectivity index (χ0v) is 15.1. The number of ether oxygens (including phenoxy) is 2. The standard InChI is InChI=1S/C19H20N4O3/c1-12-5-7-14(8-6-12)23-13(2)18(21-22-23)19(24)20-16-10-9-15(25-3)11-17(16)26-4/h5-11H,1-4H3,(H,20,24). The lowest BCUT2D eigenvalue weighted by Crippen LogP contribution is -2.15. The number of hydrogen-bond donors (Lipinski definition) is 1. The normalized spacial score (nSPS) is 10.5. The smallest absolute Gasteiger partial charge is 0.278 e. The van der Waals surface area contributed by atoms with E-state index in [2.05, 4.69) is 15.6 Å². The average Bonchev–Trinajstić information content (AvgIpc) is 3.04. The van der Waals surface area contributed by atoms with Crippen molar-refractivity contribution >= 4 is 11.6 Å². The third-order valence-electron chi connectivity index (χ3n) is 4.05. The van der Waals surface area contributed by atoms with Crippen LogP contribution in [-0.2, 0) is 0 Å². The van der Waals surface area contributed by atoms with Gasteiger partial charge in [0.1, 0.15) is 11.5 Å². The fourth-order valence-electron chi connectivity index (χ4n) is 2.55. The summed E-state index contributed by atoms with van der Waals surface area (Å²) in [5.74, 6) is 0.784. The highest BCUT2D eigenvalue weighted by atomic mass is 16.5. The first-order chi connectivity index (χ1) is 12.5. The number of rotatable bonds is 5. The first-order valence-corrected chi connectivity index (χ1v) is 8.06. The van der Waals surface area contributed by atoms with Crippen molar-refractivity contribution < 1.29 is 14.3 Å². The molecule has 7 heteroatoms. The molecule has 1 aromatic heterocycles. The molecule has 1 N–H and O–H groups in total. The van der Waals surface area contributed by atoms with Crippen LogP contribution >= 0.6 is 0 Å². The van der Waals surface area contributed by atoms with Gasteiger partial charge in [-0.1, -0.05) is 22.9 Å². The fraction of sp³-hybridized carbons (Fsp3) is 0.211. The minimum absolute atomic E-state index is 0.253. The van der Waals surface area contributed by atoms with Crippen molar-refractivity contribution in [2.24, 2.45) is 0 Å². The van der Waals surface area contributed by atoms with Crippen molar-refractivity contribution in [1.29, 1.82) is 0 Å². The Kier molecular flexibility index (Phi) is 4.88. The van der Waals surface area contributed by atoms with Gasteiger partial charge < -0.3 is 14.8 Å². The van der Waals surface area contributed by atoms with Crippen molar-refractivity contribution in [3.05, 3.63) is 59.4 Å². The van der Waals surface area contributed by atoms with Crippen LogP contribution in [0.3, 0.4) is 0 Å².